The van der Waals surface area contributed by atoms with Gasteiger partial charge in [-0.05, 0) is 43.5 Å². The van der Waals surface area contributed by atoms with Crippen LogP contribution in [0.3, 0.4) is 0 Å². The number of amides is 1. The summed E-state index contributed by atoms with van der Waals surface area (Å²) >= 11 is 0. The van der Waals surface area contributed by atoms with Gasteiger partial charge in [-0.15, -0.1) is 0 Å². The van der Waals surface area contributed by atoms with Crippen molar-refractivity contribution in [2.75, 3.05) is 6.54 Å². The van der Waals surface area contributed by atoms with Gasteiger partial charge in [-0.25, -0.2) is 0 Å². The molecule has 0 aliphatic heterocycles. The van der Waals surface area contributed by atoms with Gasteiger partial charge in [0.25, 0.3) is 0 Å². The number of hydrogen-bond donors (Lipinski definition) is 2. The zero-order valence-electron chi connectivity index (χ0n) is 9.70. The SMILES string of the molecule is Cc1cnccc1CNC(=O)CCCCN. The van der Waals surface area contributed by atoms with E-state index in [2.05, 4.69) is 10.3 Å². The van der Waals surface area contributed by atoms with Crippen LogP contribution >= 0.6 is 0 Å². The van der Waals surface area contributed by atoms with E-state index in [4.69, 9.17) is 5.73 Å². The Morgan fingerprint density at radius 3 is 3.00 bits per heavy atom. The minimum atomic E-state index is 0.0877. The fourth-order valence-electron chi connectivity index (χ4n) is 1.41. The third-order valence-electron chi connectivity index (χ3n) is 2.47. The maximum atomic E-state index is 11.4. The Morgan fingerprint density at radius 2 is 2.31 bits per heavy atom. The Balaban J connectivity index is 2.29. The van der Waals surface area contributed by atoms with Crippen molar-refractivity contribution in [2.24, 2.45) is 5.73 Å². The van der Waals surface area contributed by atoms with Crippen molar-refractivity contribution >= 4 is 5.91 Å². The Labute approximate surface area is 96.3 Å². The standard InChI is InChI=1S/C12H19N3O/c1-10-8-14-7-5-11(10)9-15-12(16)4-2-3-6-13/h5,7-8H,2-4,6,9,13H2,1H3,(H,15,16). The molecule has 0 saturated heterocycles. The van der Waals surface area contributed by atoms with Gasteiger partial charge in [0.2, 0.25) is 5.91 Å². The second-order valence-corrected chi connectivity index (χ2v) is 3.82. The lowest BCUT2D eigenvalue weighted by Crippen LogP contribution is -2.23. The third-order valence-corrected chi connectivity index (χ3v) is 2.47. The summed E-state index contributed by atoms with van der Waals surface area (Å²) in [7, 11) is 0. The average molecular weight is 221 g/mol. The highest BCUT2D eigenvalue weighted by Gasteiger charge is 2.02. The summed E-state index contributed by atoms with van der Waals surface area (Å²) < 4.78 is 0. The van der Waals surface area contributed by atoms with E-state index in [1.54, 1.807) is 12.4 Å². The Bertz CT molecular complexity index is 339. The second kappa shape index (κ2) is 6.95. The van der Waals surface area contributed by atoms with Crippen molar-refractivity contribution in [1.82, 2.24) is 10.3 Å². The molecule has 0 saturated carbocycles. The van der Waals surface area contributed by atoms with Gasteiger partial charge < -0.3 is 11.1 Å². The van der Waals surface area contributed by atoms with Crippen LogP contribution in [-0.4, -0.2) is 17.4 Å². The molecular weight excluding hydrogens is 202 g/mol. The maximum absolute atomic E-state index is 11.4. The van der Waals surface area contributed by atoms with Gasteiger partial charge in [0.1, 0.15) is 0 Å². The number of carbonyl (C=O) groups is 1. The van der Waals surface area contributed by atoms with Crippen LogP contribution in [0.4, 0.5) is 0 Å². The molecule has 3 N–H and O–H groups in total. The highest BCUT2D eigenvalue weighted by Crippen LogP contribution is 2.04. The molecule has 0 radical (unpaired) electrons. The molecule has 1 heterocycles. The van der Waals surface area contributed by atoms with Crippen LogP contribution in [0.2, 0.25) is 0 Å². The number of carbonyl (C=O) groups excluding carboxylic acids is 1. The monoisotopic (exact) mass is 221 g/mol. The first kappa shape index (κ1) is 12.6. The van der Waals surface area contributed by atoms with Crippen molar-refractivity contribution in [2.45, 2.75) is 32.7 Å². The smallest absolute Gasteiger partial charge is 0.220 e. The molecule has 88 valence electrons. The largest absolute Gasteiger partial charge is 0.352 e. The molecule has 16 heavy (non-hydrogen) atoms. The zero-order valence-corrected chi connectivity index (χ0v) is 9.70. The molecule has 1 aromatic heterocycles. The summed E-state index contributed by atoms with van der Waals surface area (Å²) in [4.78, 5) is 15.4. The van der Waals surface area contributed by atoms with E-state index in [-0.39, 0.29) is 5.91 Å². The molecule has 0 atom stereocenters. The molecule has 4 nitrogen and oxygen atoms in total. The highest BCUT2D eigenvalue weighted by atomic mass is 16.1. The molecule has 1 aromatic rings. The number of nitrogens with two attached hydrogens (primary N) is 1. The lowest BCUT2D eigenvalue weighted by atomic mass is 10.1. The molecule has 0 bridgehead atoms. The van der Waals surface area contributed by atoms with Gasteiger partial charge in [-0.2, -0.15) is 0 Å². The minimum Gasteiger partial charge on any atom is -0.352 e. The highest BCUT2D eigenvalue weighted by molar-refractivity contribution is 5.75. The topological polar surface area (TPSA) is 68.0 Å². The van der Waals surface area contributed by atoms with E-state index in [1.165, 1.54) is 0 Å². The van der Waals surface area contributed by atoms with E-state index < -0.39 is 0 Å². The predicted molar refractivity (Wildman–Crippen MR) is 63.7 cm³/mol. The molecule has 0 unspecified atom stereocenters. The molecule has 1 rings (SSSR count). The average Bonchev–Trinajstić information content (AvgIpc) is 2.28. The van der Waals surface area contributed by atoms with Crippen LogP contribution in [0.1, 0.15) is 30.4 Å². The first-order chi connectivity index (χ1) is 7.74. The predicted octanol–water partition coefficient (Wildman–Crippen LogP) is 1.14. The van der Waals surface area contributed by atoms with Crippen molar-refractivity contribution in [3.63, 3.8) is 0 Å². The van der Waals surface area contributed by atoms with E-state index in [1.807, 2.05) is 13.0 Å². The third kappa shape index (κ3) is 4.40. The van der Waals surface area contributed by atoms with Crippen LogP contribution in [-0.2, 0) is 11.3 Å². The second-order valence-electron chi connectivity index (χ2n) is 3.82. The Hall–Kier alpha value is -1.42. The van der Waals surface area contributed by atoms with E-state index in [0.29, 0.717) is 19.5 Å². The summed E-state index contributed by atoms with van der Waals surface area (Å²) in [5.41, 5.74) is 7.58. The number of aromatic nitrogens is 1. The molecular formula is C12H19N3O. The molecule has 1 amide bonds. The quantitative estimate of drug-likeness (QED) is 0.708. The van der Waals surface area contributed by atoms with Crippen LogP contribution in [0.15, 0.2) is 18.5 Å². The number of hydrogen-bond acceptors (Lipinski definition) is 3. The number of rotatable bonds is 6. The molecule has 4 heteroatoms. The normalized spacial score (nSPS) is 10.1. The number of unbranched alkanes of at least 4 members (excludes halogenated alkanes) is 1. The van der Waals surface area contributed by atoms with Gasteiger partial charge in [0.05, 0.1) is 0 Å². The fraction of sp³-hybridized carbons (Fsp3) is 0.500. The molecule has 0 aliphatic rings. The number of aryl methyl sites for hydroxylation is 1. The van der Waals surface area contributed by atoms with Gasteiger partial charge in [-0.1, -0.05) is 0 Å². The molecule has 0 aliphatic carbocycles. The lowest BCUT2D eigenvalue weighted by molar-refractivity contribution is -0.121. The maximum Gasteiger partial charge on any atom is 0.220 e. The van der Waals surface area contributed by atoms with Crippen molar-refractivity contribution in [1.29, 1.82) is 0 Å². The fourth-order valence-corrected chi connectivity index (χ4v) is 1.41. The Kier molecular flexibility index (Phi) is 5.50. The molecule has 0 aromatic carbocycles. The van der Waals surface area contributed by atoms with Crippen LogP contribution in [0, 0.1) is 6.92 Å². The summed E-state index contributed by atoms with van der Waals surface area (Å²) in [5, 5.41) is 2.89. The summed E-state index contributed by atoms with van der Waals surface area (Å²) in [5.74, 6) is 0.0877. The van der Waals surface area contributed by atoms with Crippen molar-refractivity contribution < 1.29 is 4.79 Å². The first-order valence-corrected chi connectivity index (χ1v) is 5.60. The van der Waals surface area contributed by atoms with Gasteiger partial charge in [-0.3, -0.25) is 9.78 Å². The lowest BCUT2D eigenvalue weighted by Gasteiger charge is -2.07. The number of nitrogens with one attached hydrogen (secondary N) is 1. The van der Waals surface area contributed by atoms with Crippen molar-refractivity contribution in [3.05, 3.63) is 29.6 Å². The Morgan fingerprint density at radius 1 is 1.50 bits per heavy atom. The summed E-state index contributed by atoms with van der Waals surface area (Å²) in [6.07, 6.45) is 5.86. The van der Waals surface area contributed by atoms with E-state index in [9.17, 15) is 4.79 Å². The molecule has 0 fully saturated rings. The minimum absolute atomic E-state index is 0.0877. The van der Waals surface area contributed by atoms with E-state index in [0.717, 1.165) is 24.0 Å². The van der Waals surface area contributed by atoms with Crippen LogP contribution in [0.25, 0.3) is 0 Å². The first-order valence-electron chi connectivity index (χ1n) is 5.60. The van der Waals surface area contributed by atoms with Crippen LogP contribution in [0.5, 0.6) is 0 Å². The van der Waals surface area contributed by atoms with Gasteiger partial charge in [0.15, 0.2) is 0 Å². The van der Waals surface area contributed by atoms with Crippen molar-refractivity contribution in [3.8, 4) is 0 Å². The van der Waals surface area contributed by atoms with Crippen LogP contribution < -0.4 is 11.1 Å². The zero-order chi connectivity index (χ0) is 11.8. The summed E-state index contributed by atoms with van der Waals surface area (Å²) in [6.45, 7) is 3.22. The molecule has 0 spiro atoms. The number of nitrogens with zero attached hydrogens (tertiary/aromatic N) is 1. The van der Waals surface area contributed by atoms with E-state index >= 15 is 0 Å². The summed E-state index contributed by atoms with van der Waals surface area (Å²) in [6, 6.07) is 1.93. The number of pyridine rings is 1. The van der Waals surface area contributed by atoms with Gasteiger partial charge in [0, 0.05) is 25.4 Å². The van der Waals surface area contributed by atoms with Gasteiger partial charge >= 0.3 is 0 Å².